The van der Waals surface area contributed by atoms with Crippen molar-refractivity contribution >= 4 is 113 Å². The zero-order valence-electron chi connectivity index (χ0n) is 80.1. The minimum Gasteiger partial charge on any atom is -0.496 e. The van der Waals surface area contributed by atoms with Gasteiger partial charge in [-0.25, -0.2) is 52.7 Å². The third kappa shape index (κ3) is 32.8. The van der Waals surface area contributed by atoms with E-state index in [0.29, 0.717) is 245 Å². The number of benzene rings is 5. The van der Waals surface area contributed by atoms with Crippen molar-refractivity contribution in [2.24, 2.45) is 7.05 Å². The quantitative estimate of drug-likeness (QED) is 0.00513. The van der Waals surface area contributed by atoms with Gasteiger partial charge in [-0.05, 0) is 169 Å². The van der Waals surface area contributed by atoms with E-state index < -0.39 is 94.1 Å². The molecule has 6 aromatic rings. The molecule has 0 spiro atoms. The number of methoxy groups -OCH3 is 2. The van der Waals surface area contributed by atoms with E-state index in [9.17, 15) is 101 Å². The standard InChI is InChI=1S/C21H27F3N4O2.C20H26F3N5O2.C17H19NO4.C16H20F3N3O2.C16H22F3N3.C5H6BrNO2.CH3Si.4CH4.CH3.Pd/c22-15-13-14(25-16-5-7-19(29)26-20(16)30)4-6-17(15)27-9-11-28(12-10-27)18-3-1-2-8-21(18,23)24;21-14-11-13(25-15-2-4-18(29)26-19(15)30)1-3-16(14)27-7-9-28(10-8-27)17-5-6-24-12-20(17,22)23;1-10-11(2)17(20)18(3)8-13(10)12-6-15(21-4)14(9-19)16(7-12)22-5;17-13-11-12(22(23)24)4-5-14(13)20-7-9-21(10-8-20)15-3-1-2-6-16(15,18)19;17-13-11-12(20)4-5-14(13)21-7-9-22(10-8-21)15-3-1-2-6-16(15,18)19;6-3-1-2-4(8)7-5(3)9;1-2;;;;;;/h4,6,13,16,18,25H,1-3,5,7-12H2,(H,26,29,30);1,3,11,15,17,24-25H,2,4-10,12H2,(H,26,29,30);6-9H,1-5H3;4-5,11,15H,1-3,6-10H2;4-5,11,15H,1-3,6-10,20H2;3H,1-2H2,(H,7,8,9);1H3;4*1H4;1H3;/q;;;;;;;;;;;-1;. The number of halogens is 13. The minimum absolute atomic E-state index is 0. The predicted molar refractivity (Wildman–Crippen MR) is 544 cm³/mol. The number of rotatable bonds is 17. The number of ether oxygens (including phenoxy) is 2. The molecule has 8 aliphatic heterocycles. The molecule has 3 saturated carbocycles. The van der Waals surface area contributed by atoms with Gasteiger partial charge in [-0.1, -0.05) is 71.4 Å². The number of nitro groups is 1. The summed E-state index contributed by atoms with van der Waals surface area (Å²) in [4.78, 5) is 115. The molecule has 11 aliphatic rings. The molecule has 1 aromatic heterocycles. The van der Waals surface area contributed by atoms with Gasteiger partial charge in [-0.15, -0.1) is 0 Å². The van der Waals surface area contributed by atoms with Crippen LogP contribution in [-0.2, 0) is 56.2 Å². The molecule has 17 rings (SSSR count). The van der Waals surface area contributed by atoms with E-state index in [0.717, 1.165) is 42.0 Å². The number of piperidine rings is 4. The van der Waals surface area contributed by atoms with Crippen molar-refractivity contribution in [2.75, 3.05) is 168 Å². The van der Waals surface area contributed by atoms with Gasteiger partial charge in [0.05, 0.1) is 89.1 Å². The first-order chi connectivity index (χ1) is 66.2. The molecule has 8 N–H and O–H groups in total. The molecular formula is C101H142BrF12N17O12PdSi-. The van der Waals surface area contributed by atoms with Crippen LogP contribution in [0.1, 0.15) is 173 Å². The number of alkyl halides is 9. The number of nitrogen functional groups attached to an aromatic ring is 1. The van der Waals surface area contributed by atoms with Crippen LogP contribution in [0.5, 0.6) is 11.5 Å². The Labute approximate surface area is 868 Å². The van der Waals surface area contributed by atoms with Crippen LogP contribution < -0.4 is 72.3 Å². The van der Waals surface area contributed by atoms with E-state index in [1.165, 1.54) is 44.6 Å². The van der Waals surface area contributed by atoms with Crippen LogP contribution >= 0.6 is 15.9 Å². The average Bonchev–Trinajstić information content (AvgIpc) is 0.785. The number of carbonyl (C=O) groups excluding carboxylic acids is 7. The summed E-state index contributed by atoms with van der Waals surface area (Å²) in [6, 6.07) is 17.0. The third-order valence-electron chi connectivity index (χ3n) is 27.2. The number of non-ortho nitro benzene ring substituents is 1. The molecule has 3 aliphatic carbocycles. The Morgan fingerprint density at radius 3 is 1.14 bits per heavy atom. The van der Waals surface area contributed by atoms with Crippen LogP contribution in [0.4, 0.5) is 98.2 Å². The molecular weight excluding hydrogens is 2090 g/mol. The number of amides is 6. The van der Waals surface area contributed by atoms with Crippen LogP contribution in [0, 0.1) is 54.7 Å². The second-order valence-electron chi connectivity index (χ2n) is 36.2. The van der Waals surface area contributed by atoms with Crippen LogP contribution in [-0.4, -0.2) is 278 Å². The summed E-state index contributed by atoms with van der Waals surface area (Å²) in [5, 5.41) is 26.1. The van der Waals surface area contributed by atoms with E-state index >= 15 is 0 Å². The molecule has 8 saturated heterocycles. The maximum absolute atomic E-state index is 14.8. The molecule has 29 nitrogen and oxygen atoms in total. The second-order valence-corrected chi connectivity index (χ2v) is 37.3. The molecule has 145 heavy (non-hydrogen) atoms. The fourth-order valence-electron chi connectivity index (χ4n) is 19.5. The average molecular weight is 2230 g/mol. The maximum atomic E-state index is 14.8. The van der Waals surface area contributed by atoms with Gasteiger partial charge in [-0.3, -0.25) is 84.0 Å². The number of aldehydes is 1. The number of nitrogens with zero attached hydrogens (tertiary/aromatic N) is 10. The Morgan fingerprint density at radius 1 is 0.476 bits per heavy atom. The fraction of sp³-hybridized carbons (Fsp3) is 0.574. The van der Waals surface area contributed by atoms with Gasteiger partial charge in [0.15, 0.2) is 12.1 Å². The molecule has 6 amide bonds. The molecule has 7 unspecified atom stereocenters. The Kier molecular flexibility index (Phi) is 49.3. The number of imide groups is 3. The number of aromatic nitrogens is 1. The SMILES string of the molecule is C.C.C.C.COc1cc(-c2cn(C)c(=O)c(C)c2C)cc(OC)c1C=O.C[Si].Nc1ccc(N2CCN(C3CCCCC3(F)F)CC2)c(F)c1.O=C1CCC(Br)C(=O)N1.O=C1CCC(Nc2ccc(N3CCN(C4CCCCC4(F)F)CC3)c(F)c2)C(=O)N1.O=C1CCC(Nc2ccc(N3CCN(C4CCNCC4(F)F)CC3)c(F)c2)C(=O)N1.O=[N+]([O-])c1ccc(N2CCN(C3CCCCC3(F)F)CC2)c(F)c1.[CH3-].[Pd]. The van der Waals surface area contributed by atoms with Gasteiger partial charge in [-0.2, -0.15) is 0 Å². The van der Waals surface area contributed by atoms with E-state index in [1.54, 1.807) is 89.6 Å². The number of carbonyl (C=O) groups is 7. The molecule has 11 fully saturated rings. The molecule has 809 valence electrons. The number of piperazine rings is 4. The number of hydrogen-bond donors (Lipinski definition) is 7. The number of anilines is 7. The number of nitrogens with one attached hydrogen (secondary N) is 6. The predicted octanol–water partition coefficient (Wildman–Crippen LogP) is 16.3. The number of nitrogens with two attached hydrogens (primary N) is 1. The van der Waals surface area contributed by atoms with Gasteiger partial charge in [0.1, 0.15) is 41.0 Å². The van der Waals surface area contributed by atoms with Gasteiger partial charge < -0.3 is 62.8 Å². The number of pyridine rings is 1. The van der Waals surface area contributed by atoms with Gasteiger partial charge in [0.2, 0.25) is 35.4 Å². The fourth-order valence-corrected chi connectivity index (χ4v) is 19.9. The molecule has 9 heterocycles. The van der Waals surface area contributed by atoms with Crippen molar-refractivity contribution in [3.05, 3.63) is 159 Å². The van der Waals surface area contributed by atoms with Gasteiger partial charge in [0, 0.05) is 221 Å². The summed E-state index contributed by atoms with van der Waals surface area (Å²) < 4.78 is 183. The molecule has 3 radical (unpaired) electrons. The Balaban J connectivity index is 0.000000309. The summed E-state index contributed by atoms with van der Waals surface area (Å²) in [6.45, 7) is 13.5. The summed E-state index contributed by atoms with van der Waals surface area (Å²) in [5.41, 5.74) is 11.9. The van der Waals surface area contributed by atoms with Crippen molar-refractivity contribution in [1.29, 1.82) is 0 Å². The monoisotopic (exact) mass is 2230 g/mol. The Bertz CT molecular complexity index is 5190. The molecule has 44 heteroatoms. The Morgan fingerprint density at radius 2 is 0.821 bits per heavy atom. The van der Waals surface area contributed by atoms with Crippen molar-refractivity contribution < 1.29 is 121 Å². The number of hydrogen-bond acceptors (Lipinski definition) is 24. The zero-order valence-corrected chi connectivity index (χ0v) is 84.3. The Hall–Kier alpha value is -9.94. The van der Waals surface area contributed by atoms with Crippen molar-refractivity contribution in [2.45, 2.75) is 237 Å². The first-order valence-corrected chi connectivity index (χ1v) is 48.9. The van der Waals surface area contributed by atoms with E-state index in [-0.39, 0.29) is 147 Å². The summed E-state index contributed by atoms with van der Waals surface area (Å²) in [7, 11) is 7.70. The summed E-state index contributed by atoms with van der Waals surface area (Å²) >= 11 is 3.12. The van der Waals surface area contributed by atoms with E-state index in [1.807, 2.05) is 36.3 Å². The van der Waals surface area contributed by atoms with Crippen molar-refractivity contribution in [3.8, 4) is 22.6 Å². The summed E-state index contributed by atoms with van der Waals surface area (Å²) in [5.74, 6) is -13.4. The second kappa shape index (κ2) is 57.0. The van der Waals surface area contributed by atoms with Gasteiger partial charge in [0.25, 0.3) is 34.9 Å². The van der Waals surface area contributed by atoms with Crippen LogP contribution in [0.2, 0.25) is 6.55 Å². The van der Waals surface area contributed by atoms with Crippen LogP contribution in [0.25, 0.3) is 11.1 Å². The largest absolute Gasteiger partial charge is 0.496 e. The first-order valence-electron chi connectivity index (χ1n) is 47.0. The van der Waals surface area contributed by atoms with Crippen molar-refractivity contribution in [3.63, 3.8) is 0 Å². The zero-order chi connectivity index (χ0) is 101. The van der Waals surface area contributed by atoms with Crippen molar-refractivity contribution in [1.82, 2.24) is 45.4 Å². The van der Waals surface area contributed by atoms with Gasteiger partial charge >= 0.3 is 0 Å². The van der Waals surface area contributed by atoms with Crippen LogP contribution in [0.15, 0.2) is 95.9 Å². The smallest absolute Gasteiger partial charge is 0.275 e. The molecule has 0 bridgehead atoms. The molecule has 7 atom stereocenters. The number of nitro benzene ring substituents is 1. The topological polar surface area (TPSA) is 327 Å². The van der Waals surface area contributed by atoms with Crippen LogP contribution in [0.3, 0.4) is 0 Å². The van der Waals surface area contributed by atoms with E-state index in [4.69, 9.17) is 15.2 Å². The normalized spacial score (nSPS) is 22.9. The maximum Gasteiger partial charge on any atom is 0.275 e. The van der Waals surface area contributed by atoms with E-state index in [2.05, 4.69) is 58.1 Å². The molecule has 5 aromatic carbocycles. The third-order valence-corrected chi connectivity index (χ3v) is 28.1. The first kappa shape index (κ1) is 126. The number of aryl methyl sites for hydroxylation is 1. The minimum atomic E-state index is -2.75. The summed E-state index contributed by atoms with van der Waals surface area (Å²) in [6.07, 6.45) is 10.9.